The summed E-state index contributed by atoms with van der Waals surface area (Å²) in [4.78, 5) is 3.80. The number of hydrogen-bond donors (Lipinski definition) is 1. The first-order valence-electron chi connectivity index (χ1n) is 5.56. The predicted octanol–water partition coefficient (Wildman–Crippen LogP) is 0.637. The van der Waals surface area contributed by atoms with E-state index in [0.29, 0.717) is 6.54 Å². The van der Waals surface area contributed by atoms with Crippen molar-refractivity contribution in [2.75, 3.05) is 0 Å². The number of halogens is 1. The smallest absolute Gasteiger partial charge is 0.261 e. The van der Waals surface area contributed by atoms with Gasteiger partial charge in [0.25, 0.3) is 10.0 Å². The third-order valence-corrected chi connectivity index (χ3v) is 4.54. The summed E-state index contributed by atoms with van der Waals surface area (Å²) in [6.07, 6.45) is 4.75. The number of rotatable bonds is 5. The summed E-state index contributed by atoms with van der Waals surface area (Å²) in [5.41, 5.74) is 0. The quantitative estimate of drug-likeness (QED) is 0.878. The second-order valence-corrected chi connectivity index (χ2v) is 6.19. The lowest BCUT2D eigenvalue weighted by molar-refractivity contribution is 0.493. The zero-order chi connectivity index (χ0) is 14.0. The van der Waals surface area contributed by atoms with E-state index < -0.39 is 10.0 Å². The lowest BCUT2D eigenvalue weighted by Crippen LogP contribution is -2.36. The molecule has 2 aromatic rings. The lowest BCUT2D eigenvalue weighted by Gasteiger charge is -2.13. The highest BCUT2D eigenvalue weighted by Crippen LogP contribution is 2.18. The summed E-state index contributed by atoms with van der Waals surface area (Å²) >= 11 is 5.88. The molecule has 0 aliphatic rings. The number of aryl methyl sites for hydroxylation is 1. The molecule has 0 bridgehead atoms. The van der Waals surface area contributed by atoms with Gasteiger partial charge in [0, 0.05) is 25.5 Å². The van der Waals surface area contributed by atoms with E-state index in [1.165, 1.54) is 10.9 Å². The van der Waals surface area contributed by atoms with Crippen molar-refractivity contribution in [2.45, 2.75) is 24.5 Å². The van der Waals surface area contributed by atoms with Crippen LogP contribution in [0.25, 0.3) is 0 Å². The van der Waals surface area contributed by atoms with Crippen LogP contribution in [-0.2, 0) is 23.6 Å². The largest absolute Gasteiger partial charge is 0.324 e. The SMILES string of the molecule is C[C@H](Cn1cccn1)NS(=O)(=O)c1ncn(C)c1Cl. The lowest BCUT2D eigenvalue weighted by atomic mass is 10.4. The Kier molecular flexibility index (Phi) is 3.93. The van der Waals surface area contributed by atoms with E-state index in [-0.39, 0.29) is 16.2 Å². The first-order valence-corrected chi connectivity index (χ1v) is 7.43. The molecular weight excluding hydrogens is 290 g/mol. The van der Waals surface area contributed by atoms with Gasteiger partial charge in [-0.15, -0.1) is 0 Å². The van der Waals surface area contributed by atoms with Crippen LogP contribution in [0.1, 0.15) is 6.92 Å². The molecular formula is C10H14ClN5O2S. The van der Waals surface area contributed by atoms with Crippen molar-refractivity contribution in [3.63, 3.8) is 0 Å². The van der Waals surface area contributed by atoms with Gasteiger partial charge >= 0.3 is 0 Å². The first kappa shape index (κ1) is 14.0. The number of nitrogens with zero attached hydrogens (tertiary/aromatic N) is 4. The molecule has 0 amide bonds. The summed E-state index contributed by atoms with van der Waals surface area (Å²) in [6, 6.07) is 1.44. The molecule has 104 valence electrons. The van der Waals surface area contributed by atoms with E-state index in [1.807, 2.05) is 0 Å². The number of nitrogens with one attached hydrogen (secondary N) is 1. The van der Waals surface area contributed by atoms with Crippen LogP contribution in [0.4, 0.5) is 0 Å². The van der Waals surface area contributed by atoms with Crippen LogP contribution in [-0.4, -0.2) is 33.8 Å². The Morgan fingerprint density at radius 2 is 2.26 bits per heavy atom. The fraction of sp³-hybridized carbons (Fsp3) is 0.400. The zero-order valence-corrected chi connectivity index (χ0v) is 12.1. The van der Waals surface area contributed by atoms with E-state index in [4.69, 9.17) is 11.6 Å². The van der Waals surface area contributed by atoms with Crippen molar-refractivity contribution in [2.24, 2.45) is 7.05 Å². The van der Waals surface area contributed by atoms with Gasteiger partial charge in [0.2, 0.25) is 5.03 Å². The molecule has 0 unspecified atom stereocenters. The van der Waals surface area contributed by atoms with Gasteiger partial charge < -0.3 is 4.57 Å². The molecule has 1 N–H and O–H groups in total. The van der Waals surface area contributed by atoms with Gasteiger partial charge in [0.05, 0.1) is 12.9 Å². The highest BCUT2D eigenvalue weighted by atomic mass is 35.5. The van der Waals surface area contributed by atoms with E-state index in [9.17, 15) is 8.42 Å². The Bertz CT molecular complexity index is 650. The van der Waals surface area contributed by atoms with E-state index in [2.05, 4.69) is 14.8 Å². The molecule has 2 aromatic heterocycles. The number of sulfonamides is 1. The molecule has 2 rings (SSSR count). The molecule has 0 aliphatic heterocycles. The normalized spacial score (nSPS) is 13.6. The summed E-state index contributed by atoms with van der Waals surface area (Å²) in [5.74, 6) is 0. The van der Waals surface area contributed by atoms with E-state index in [1.54, 1.807) is 37.1 Å². The van der Waals surface area contributed by atoms with Gasteiger partial charge in [-0.25, -0.2) is 18.1 Å². The van der Waals surface area contributed by atoms with Gasteiger partial charge in [0.15, 0.2) is 0 Å². The van der Waals surface area contributed by atoms with Crippen molar-refractivity contribution in [3.8, 4) is 0 Å². The second-order valence-electron chi connectivity index (χ2n) is 4.20. The van der Waals surface area contributed by atoms with Crippen molar-refractivity contribution >= 4 is 21.6 Å². The molecule has 0 aromatic carbocycles. The molecule has 7 nitrogen and oxygen atoms in total. The number of imidazole rings is 1. The van der Waals surface area contributed by atoms with Crippen LogP contribution in [0, 0.1) is 0 Å². The molecule has 0 radical (unpaired) electrons. The summed E-state index contributed by atoms with van der Waals surface area (Å²) in [7, 11) is -2.10. The van der Waals surface area contributed by atoms with Crippen LogP contribution in [0.2, 0.25) is 5.15 Å². The topological polar surface area (TPSA) is 81.8 Å². The molecule has 2 heterocycles. The van der Waals surface area contributed by atoms with Crippen LogP contribution < -0.4 is 4.72 Å². The van der Waals surface area contributed by atoms with Gasteiger partial charge in [-0.3, -0.25) is 4.68 Å². The Hall–Kier alpha value is -1.38. The number of aromatic nitrogens is 4. The Labute approximate surface area is 116 Å². The fourth-order valence-electron chi connectivity index (χ4n) is 1.62. The minimum atomic E-state index is -3.73. The van der Waals surface area contributed by atoms with Crippen LogP contribution >= 0.6 is 11.6 Å². The molecule has 1 atom stereocenters. The highest BCUT2D eigenvalue weighted by Gasteiger charge is 2.24. The summed E-state index contributed by atoms with van der Waals surface area (Å²) in [6.45, 7) is 2.17. The molecule has 9 heteroatoms. The van der Waals surface area contributed by atoms with E-state index in [0.717, 1.165) is 0 Å². The zero-order valence-electron chi connectivity index (χ0n) is 10.5. The van der Waals surface area contributed by atoms with Crippen molar-refractivity contribution in [1.29, 1.82) is 0 Å². The van der Waals surface area contributed by atoms with E-state index >= 15 is 0 Å². The average molecular weight is 304 g/mol. The van der Waals surface area contributed by atoms with Gasteiger partial charge in [0.1, 0.15) is 5.15 Å². The Balaban J connectivity index is 2.11. The monoisotopic (exact) mass is 303 g/mol. The second kappa shape index (κ2) is 5.32. The maximum Gasteiger partial charge on any atom is 0.261 e. The Morgan fingerprint density at radius 1 is 1.53 bits per heavy atom. The molecule has 19 heavy (non-hydrogen) atoms. The van der Waals surface area contributed by atoms with Crippen molar-refractivity contribution in [1.82, 2.24) is 24.1 Å². The van der Waals surface area contributed by atoms with Crippen molar-refractivity contribution < 1.29 is 8.42 Å². The van der Waals surface area contributed by atoms with Crippen LogP contribution in [0.3, 0.4) is 0 Å². The molecule has 0 saturated carbocycles. The maximum atomic E-state index is 12.1. The standard InChI is InChI=1S/C10H14ClN5O2S/c1-8(6-16-5-3-4-13-16)14-19(17,18)10-9(11)15(2)7-12-10/h3-5,7-8,14H,6H2,1-2H3/t8-/m1/s1. The molecule has 0 aliphatic carbocycles. The van der Waals surface area contributed by atoms with Gasteiger partial charge in [-0.05, 0) is 13.0 Å². The third-order valence-electron chi connectivity index (χ3n) is 2.47. The molecule has 0 spiro atoms. The average Bonchev–Trinajstić information content (AvgIpc) is 2.90. The summed E-state index contributed by atoms with van der Waals surface area (Å²) in [5, 5.41) is 3.94. The van der Waals surface area contributed by atoms with Gasteiger partial charge in [-0.2, -0.15) is 5.10 Å². The van der Waals surface area contributed by atoms with Crippen LogP contribution in [0.15, 0.2) is 29.8 Å². The number of hydrogen-bond acceptors (Lipinski definition) is 4. The molecule has 0 saturated heterocycles. The van der Waals surface area contributed by atoms with Gasteiger partial charge in [-0.1, -0.05) is 11.6 Å². The Morgan fingerprint density at radius 3 is 2.79 bits per heavy atom. The minimum absolute atomic E-state index is 0.0822. The summed E-state index contributed by atoms with van der Waals surface area (Å²) < 4.78 is 29.8. The minimum Gasteiger partial charge on any atom is -0.324 e. The molecule has 0 fully saturated rings. The van der Waals surface area contributed by atoms with Crippen molar-refractivity contribution in [3.05, 3.63) is 29.9 Å². The third kappa shape index (κ3) is 3.14. The highest BCUT2D eigenvalue weighted by molar-refractivity contribution is 7.89. The first-order chi connectivity index (χ1) is 8.90. The fourth-order valence-corrected chi connectivity index (χ4v) is 3.29. The predicted molar refractivity (Wildman–Crippen MR) is 70.2 cm³/mol. The van der Waals surface area contributed by atoms with Crippen LogP contribution in [0.5, 0.6) is 0 Å². The maximum absolute atomic E-state index is 12.1.